The van der Waals surface area contributed by atoms with Gasteiger partial charge in [-0.2, -0.15) is 13.2 Å². The lowest BCUT2D eigenvalue weighted by Crippen LogP contribution is -2.51. The molecule has 7 nitrogen and oxygen atoms in total. The van der Waals surface area contributed by atoms with Crippen LogP contribution in [0.1, 0.15) is 29.0 Å². The van der Waals surface area contributed by atoms with Crippen molar-refractivity contribution in [3.8, 4) is 5.69 Å². The minimum absolute atomic E-state index is 0.0373. The zero-order valence-corrected chi connectivity index (χ0v) is 15.2. The fourth-order valence-electron chi connectivity index (χ4n) is 3.31. The Balaban J connectivity index is 1.57. The molecule has 154 valence electrons. The molecule has 1 aliphatic heterocycles. The molecule has 0 unspecified atom stereocenters. The van der Waals surface area contributed by atoms with E-state index in [2.05, 4.69) is 10.3 Å². The highest BCUT2D eigenvalue weighted by atomic mass is 19.4. The predicted molar refractivity (Wildman–Crippen MR) is 91.5 cm³/mol. The van der Waals surface area contributed by atoms with Gasteiger partial charge in [0.25, 0.3) is 5.91 Å². The summed E-state index contributed by atoms with van der Waals surface area (Å²) in [7, 11) is 0. The van der Waals surface area contributed by atoms with E-state index in [1.165, 1.54) is 4.90 Å². The van der Waals surface area contributed by atoms with Gasteiger partial charge >= 0.3 is 6.18 Å². The van der Waals surface area contributed by atoms with Crippen molar-refractivity contribution in [3.63, 3.8) is 0 Å². The number of carbonyl (C=O) groups excluding carboxylic acids is 2. The molecule has 29 heavy (non-hydrogen) atoms. The third-order valence-corrected chi connectivity index (χ3v) is 5.02. The molecule has 0 spiro atoms. The molecule has 1 saturated carbocycles. The molecule has 4 rings (SSSR count). The predicted octanol–water partition coefficient (Wildman–Crippen LogP) is 2.12. The molecule has 2 aromatic rings. The Kier molecular flexibility index (Phi) is 4.75. The lowest BCUT2D eigenvalue weighted by atomic mass is 10.2. The van der Waals surface area contributed by atoms with Crippen molar-refractivity contribution in [2.24, 2.45) is 5.92 Å². The first-order valence-corrected chi connectivity index (χ1v) is 9.12. The highest BCUT2D eigenvalue weighted by Crippen LogP contribution is 2.34. The van der Waals surface area contributed by atoms with Gasteiger partial charge in [0.05, 0.1) is 5.69 Å². The summed E-state index contributed by atoms with van der Waals surface area (Å²) < 4.78 is 54.7. The maximum absolute atomic E-state index is 13.7. The van der Waals surface area contributed by atoms with Crippen molar-refractivity contribution in [1.29, 1.82) is 0 Å². The third kappa shape index (κ3) is 3.81. The number of benzene rings is 1. The smallest absolute Gasteiger partial charge is 0.339 e. The Morgan fingerprint density at radius 2 is 1.55 bits per heavy atom. The van der Waals surface area contributed by atoms with E-state index in [1.54, 1.807) is 4.90 Å². The highest BCUT2D eigenvalue weighted by molar-refractivity contribution is 5.94. The van der Waals surface area contributed by atoms with Gasteiger partial charge in [-0.15, -0.1) is 5.10 Å². The van der Waals surface area contributed by atoms with Crippen LogP contribution in [-0.2, 0) is 11.0 Å². The van der Waals surface area contributed by atoms with E-state index in [-0.39, 0.29) is 43.7 Å². The van der Waals surface area contributed by atoms with Crippen LogP contribution in [0.25, 0.3) is 5.69 Å². The normalized spacial score (nSPS) is 17.5. The lowest BCUT2D eigenvalue weighted by molar-refractivity contribution is -0.143. The van der Waals surface area contributed by atoms with E-state index >= 15 is 0 Å². The van der Waals surface area contributed by atoms with Gasteiger partial charge < -0.3 is 9.80 Å². The summed E-state index contributed by atoms with van der Waals surface area (Å²) in [6.45, 7) is 0.791. The summed E-state index contributed by atoms with van der Waals surface area (Å²) in [6.07, 6.45) is -3.18. The number of rotatable bonds is 3. The number of piperazine rings is 1. The molecule has 1 aliphatic carbocycles. The standard InChI is InChI=1S/C18H17F4N5O2/c19-12-3-5-13(6-4-12)27-15(18(20,21)22)14(23-24-27)17(29)26-9-7-25(8-10-26)16(28)11-1-2-11/h3-6,11H,1-2,7-10H2. The van der Waals surface area contributed by atoms with E-state index in [1.807, 2.05) is 0 Å². The number of carbonyl (C=O) groups is 2. The number of nitrogens with zero attached hydrogens (tertiary/aromatic N) is 5. The number of amides is 2. The molecule has 2 fully saturated rings. The van der Waals surface area contributed by atoms with Crippen molar-refractivity contribution in [1.82, 2.24) is 24.8 Å². The minimum Gasteiger partial charge on any atom is -0.339 e. The SMILES string of the molecule is O=C(c1nnn(-c2ccc(F)cc2)c1C(F)(F)F)N1CCN(C(=O)C2CC2)CC1. The minimum atomic E-state index is -4.90. The van der Waals surface area contributed by atoms with Crippen LogP contribution in [0.2, 0.25) is 0 Å². The van der Waals surface area contributed by atoms with Crippen LogP contribution in [0.4, 0.5) is 17.6 Å². The quantitative estimate of drug-likeness (QED) is 0.726. The molecular weight excluding hydrogens is 394 g/mol. The number of halogens is 4. The van der Waals surface area contributed by atoms with Crippen molar-refractivity contribution in [2.75, 3.05) is 26.2 Å². The molecule has 2 aliphatic rings. The fraction of sp³-hybridized carbons (Fsp3) is 0.444. The van der Waals surface area contributed by atoms with E-state index in [9.17, 15) is 27.2 Å². The molecule has 0 radical (unpaired) electrons. The first-order chi connectivity index (χ1) is 13.8. The summed E-state index contributed by atoms with van der Waals surface area (Å²) in [5.74, 6) is -1.43. The van der Waals surface area contributed by atoms with E-state index in [0.717, 1.165) is 37.1 Å². The number of hydrogen-bond acceptors (Lipinski definition) is 4. The summed E-state index contributed by atoms with van der Waals surface area (Å²) in [5.41, 5.74) is -2.19. The van der Waals surface area contributed by atoms with Gasteiger partial charge in [0.2, 0.25) is 5.91 Å². The monoisotopic (exact) mass is 411 g/mol. The van der Waals surface area contributed by atoms with Gasteiger partial charge in [-0.05, 0) is 37.1 Å². The maximum atomic E-state index is 13.7. The van der Waals surface area contributed by atoms with Gasteiger partial charge in [0.1, 0.15) is 5.82 Å². The molecular formula is C18H17F4N5O2. The Hall–Kier alpha value is -2.98. The molecule has 0 bridgehead atoms. The first kappa shape index (κ1) is 19.3. The van der Waals surface area contributed by atoms with Crippen molar-refractivity contribution in [2.45, 2.75) is 19.0 Å². The topological polar surface area (TPSA) is 71.3 Å². The Morgan fingerprint density at radius 1 is 0.966 bits per heavy atom. The Labute approximate surface area is 162 Å². The third-order valence-electron chi connectivity index (χ3n) is 5.02. The summed E-state index contributed by atoms with van der Waals surface area (Å²) in [6, 6.07) is 4.23. The molecule has 1 aromatic carbocycles. The zero-order chi connectivity index (χ0) is 20.8. The Morgan fingerprint density at radius 3 is 2.10 bits per heavy atom. The Bertz CT molecular complexity index is 929. The molecule has 0 N–H and O–H groups in total. The summed E-state index contributed by atoms with van der Waals surface area (Å²) in [5, 5.41) is 6.96. The van der Waals surface area contributed by atoms with Crippen molar-refractivity contribution < 1.29 is 27.2 Å². The second kappa shape index (κ2) is 7.12. The van der Waals surface area contributed by atoms with Crippen LogP contribution in [0.3, 0.4) is 0 Å². The molecule has 11 heteroatoms. The fourth-order valence-corrected chi connectivity index (χ4v) is 3.31. The molecule has 2 heterocycles. The van der Waals surface area contributed by atoms with Gasteiger partial charge in [0, 0.05) is 32.1 Å². The van der Waals surface area contributed by atoms with Crippen LogP contribution in [0, 0.1) is 11.7 Å². The molecule has 1 saturated heterocycles. The second-order valence-electron chi connectivity index (χ2n) is 7.06. The molecule has 1 aromatic heterocycles. The van der Waals surface area contributed by atoms with Crippen LogP contribution < -0.4 is 0 Å². The number of aromatic nitrogens is 3. The van der Waals surface area contributed by atoms with E-state index in [0.29, 0.717) is 4.68 Å². The number of alkyl halides is 3. The molecule has 2 amide bonds. The van der Waals surface area contributed by atoms with Crippen LogP contribution in [0.5, 0.6) is 0 Å². The maximum Gasteiger partial charge on any atom is 0.435 e. The van der Waals surface area contributed by atoms with Crippen molar-refractivity contribution in [3.05, 3.63) is 41.5 Å². The van der Waals surface area contributed by atoms with Gasteiger partial charge in [-0.25, -0.2) is 9.07 Å². The van der Waals surface area contributed by atoms with Crippen LogP contribution in [-0.4, -0.2) is 62.8 Å². The average Bonchev–Trinajstić information content (AvgIpc) is 3.44. The largest absolute Gasteiger partial charge is 0.435 e. The average molecular weight is 411 g/mol. The van der Waals surface area contributed by atoms with Crippen molar-refractivity contribution >= 4 is 11.8 Å². The first-order valence-electron chi connectivity index (χ1n) is 9.12. The summed E-state index contributed by atoms with van der Waals surface area (Å²) >= 11 is 0. The summed E-state index contributed by atoms with van der Waals surface area (Å²) in [4.78, 5) is 27.7. The van der Waals surface area contributed by atoms with Crippen LogP contribution in [0.15, 0.2) is 24.3 Å². The van der Waals surface area contributed by atoms with Gasteiger partial charge in [0.15, 0.2) is 11.4 Å². The molecule has 0 atom stereocenters. The van der Waals surface area contributed by atoms with Crippen LogP contribution >= 0.6 is 0 Å². The highest BCUT2D eigenvalue weighted by Gasteiger charge is 2.43. The van der Waals surface area contributed by atoms with Gasteiger partial charge in [-0.3, -0.25) is 9.59 Å². The zero-order valence-electron chi connectivity index (χ0n) is 15.2. The van der Waals surface area contributed by atoms with E-state index < -0.39 is 29.3 Å². The van der Waals surface area contributed by atoms with E-state index in [4.69, 9.17) is 0 Å². The second-order valence-corrected chi connectivity index (χ2v) is 7.06. The number of hydrogen-bond donors (Lipinski definition) is 0. The lowest BCUT2D eigenvalue weighted by Gasteiger charge is -2.34. The van der Waals surface area contributed by atoms with Gasteiger partial charge in [-0.1, -0.05) is 5.21 Å².